The molecule has 0 heterocycles. The van der Waals surface area contributed by atoms with Crippen LogP contribution in [0, 0.1) is 22.7 Å². The number of ether oxygens (including phenoxy) is 1. The van der Waals surface area contributed by atoms with Gasteiger partial charge in [0.05, 0.1) is 6.10 Å². The topological polar surface area (TPSA) is 77.0 Å². The third kappa shape index (κ3) is 3.12. The first-order valence-electron chi connectivity index (χ1n) is 3.02. The second-order valence-corrected chi connectivity index (χ2v) is 2.07. The Kier molecular flexibility index (Phi) is 3.55. The molecule has 0 spiro atoms. The highest BCUT2D eigenvalue weighted by molar-refractivity contribution is 5.35. The molecular formula is C7H8N2O2. The zero-order valence-electron chi connectivity index (χ0n) is 6.33. The van der Waals surface area contributed by atoms with Crippen LogP contribution in [0.2, 0.25) is 0 Å². The molecule has 0 radical (unpaired) electrons. The van der Waals surface area contributed by atoms with Gasteiger partial charge >= 0.3 is 5.95 Å². The van der Waals surface area contributed by atoms with Crippen LogP contribution in [-0.2, 0) is 4.74 Å². The second-order valence-electron chi connectivity index (χ2n) is 2.07. The van der Waals surface area contributed by atoms with Gasteiger partial charge in [0.25, 0.3) is 0 Å². The molecule has 4 heteroatoms. The smallest absolute Gasteiger partial charge is 0.306 e. The van der Waals surface area contributed by atoms with Crippen molar-refractivity contribution in [2.75, 3.05) is 0 Å². The molecule has 0 bridgehead atoms. The summed E-state index contributed by atoms with van der Waals surface area (Å²) in [6.45, 7) is 3.37. The minimum atomic E-state index is -0.606. The van der Waals surface area contributed by atoms with Crippen LogP contribution in [0.4, 0.5) is 0 Å². The van der Waals surface area contributed by atoms with E-state index in [1.165, 1.54) is 12.1 Å². The Morgan fingerprint density at radius 3 is 2.09 bits per heavy atom. The summed E-state index contributed by atoms with van der Waals surface area (Å²) in [4.78, 5) is 0. The van der Waals surface area contributed by atoms with Crippen molar-refractivity contribution in [3.8, 4) is 12.1 Å². The molecule has 0 fully saturated rings. The summed E-state index contributed by atoms with van der Waals surface area (Å²) in [5.41, 5.74) is -0.404. The average Bonchev–Trinajstić information content (AvgIpc) is 1.88. The van der Waals surface area contributed by atoms with Crippen LogP contribution in [0.15, 0.2) is 11.5 Å². The first kappa shape index (κ1) is 9.32. The van der Waals surface area contributed by atoms with E-state index < -0.39 is 11.5 Å². The number of hydrogen-bond donors (Lipinski definition) is 1. The fourth-order valence-corrected chi connectivity index (χ4v) is 0.403. The molecule has 0 unspecified atom stereocenters. The standard InChI is InChI=1S/C7H8N2O2/c1-5(2)11-7(10)6(3-8)4-9/h5,10H,1-2H3. The molecule has 1 N–H and O–H groups in total. The number of allylic oxidation sites excluding steroid dienone is 1. The molecular weight excluding hydrogens is 144 g/mol. The Bertz CT molecular complexity index is 226. The largest absolute Gasteiger partial charge is 0.479 e. The van der Waals surface area contributed by atoms with Gasteiger partial charge in [0.2, 0.25) is 5.57 Å². The van der Waals surface area contributed by atoms with Crippen molar-refractivity contribution in [3.63, 3.8) is 0 Å². The summed E-state index contributed by atoms with van der Waals surface area (Å²) in [6.07, 6.45) is -0.244. The fraction of sp³-hybridized carbons (Fsp3) is 0.429. The van der Waals surface area contributed by atoms with Gasteiger partial charge in [-0.2, -0.15) is 10.5 Å². The molecule has 11 heavy (non-hydrogen) atoms. The van der Waals surface area contributed by atoms with Crippen LogP contribution in [0.5, 0.6) is 0 Å². The van der Waals surface area contributed by atoms with Gasteiger partial charge in [0.1, 0.15) is 12.1 Å². The van der Waals surface area contributed by atoms with Crippen LogP contribution in [-0.4, -0.2) is 11.2 Å². The number of aliphatic hydroxyl groups excluding tert-OH is 1. The van der Waals surface area contributed by atoms with E-state index in [-0.39, 0.29) is 6.10 Å². The quantitative estimate of drug-likeness (QED) is 0.476. The first-order valence-corrected chi connectivity index (χ1v) is 3.02. The summed E-state index contributed by atoms with van der Waals surface area (Å²) in [5.74, 6) is -0.606. The summed E-state index contributed by atoms with van der Waals surface area (Å²) in [7, 11) is 0. The van der Waals surface area contributed by atoms with Gasteiger partial charge in [-0.3, -0.25) is 0 Å². The molecule has 0 amide bonds. The normalized spacial score (nSPS) is 8.09. The van der Waals surface area contributed by atoms with Crippen LogP contribution in [0.3, 0.4) is 0 Å². The van der Waals surface area contributed by atoms with Crippen molar-refractivity contribution in [1.82, 2.24) is 0 Å². The number of hydrogen-bond acceptors (Lipinski definition) is 4. The number of aliphatic hydroxyl groups is 1. The molecule has 0 aliphatic carbocycles. The van der Waals surface area contributed by atoms with Gasteiger partial charge in [0, 0.05) is 0 Å². The van der Waals surface area contributed by atoms with Crippen molar-refractivity contribution in [2.24, 2.45) is 0 Å². The van der Waals surface area contributed by atoms with E-state index in [0.717, 1.165) is 0 Å². The third-order valence-corrected chi connectivity index (χ3v) is 0.785. The summed E-state index contributed by atoms with van der Waals surface area (Å²) >= 11 is 0. The maximum Gasteiger partial charge on any atom is 0.306 e. The lowest BCUT2D eigenvalue weighted by atomic mass is 10.3. The van der Waals surface area contributed by atoms with Crippen LogP contribution < -0.4 is 0 Å². The lowest BCUT2D eigenvalue weighted by molar-refractivity contribution is 0.0506. The predicted molar refractivity (Wildman–Crippen MR) is 37.1 cm³/mol. The second kappa shape index (κ2) is 4.19. The predicted octanol–water partition coefficient (Wildman–Crippen LogP) is 1.23. The maximum atomic E-state index is 8.89. The van der Waals surface area contributed by atoms with Crippen LogP contribution in [0.25, 0.3) is 0 Å². The van der Waals surface area contributed by atoms with Crippen molar-refractivity contribution in [1.29, 1.82) is 10.5 Å². The Morgan fingerprint density at radius 2 is 1.82 bits per heavy atom. The molecule has 0 aromatic heterocycles. The number of nitriles is 2. The Hall–Kier alpha value is -1.68. The Morgan fingerprint density at radius 1 is 1.36 bits per heavy atom. The summed E-state index contributed by atoms with van der Waals surface area (Å²) in [5, 5.41) is 25.4. The monoisotopic (exact) mass is 152 g/mol. The molecule has 0 saturated carbocycles. The maximum absolute atomic E-state index is 8.89. The molecule has 58 valence electrons. The molecule has 0 rings (SSSR count). The molecule has 0 aromatic rings. The first-order chi connectivity index (χ1) is 5.11. The van der Waals surface area contributed by atoms with E-state index in [9.17, 15) is 0 Å². The average molecular weight is 152 g/mol. The van der Waals surface area contributed by atoms with Crippen molar-refractivity contribution in [3.05, 3.63) is 11.5 Å². The van der Waals surface area contributed by atoms with E-state index >= 15 is 0 Å². The van der Waals surface area contributed by atoms with Gasteiger partial charge in [-0.15, -0.1) is 0 Å². The summed E-state index contributed by atoms with van der Waals surface area (Å²) < 4.78 is 4.68. The van der Waals surface area contributed by atoms with Crippen LogP contribution in [0.1, 0.15) is 13.8 Å². The molecule has 0 atom stereocenters. The highest BCUT2D eigenvalue weighted by atomic mass is 16.6. The van der Waals surface area contributed by atoms with Gasteiger partial charge in [0.15, 0.2) is 0 Å². The fourth-order valence-electron chi connectivity index (χ4n) is 0.403. The molecule has 4 nitrogen and oxygen atoms in total. The Labute approximate surface area is 64.9 Å². The van der Waals surface area contributed by atoms with E-state index in [0.29, 0.717) is 0 Å². The van der Waals surface area contributed by atoms with E-state index in [1.807, 2.05) is 0 Å². The van der Waals surface area contributed by atoms with E-state index in [1.54, 1.807) is 13.8 Å². The Balaban J connectivity index is 4.43. The minimum absolute atomic E-state index is 0.244. The van der Waals surface area contributed by atoms with E-state index in [2.05, 4.69) is 4.74 Å². The minimum Gasteiger partial charge on any atom is -0.479 e. The highest BCUT2D eigenvalue weighted by Gasteiger charge is 2.06. The SMILES string of the molecule is CC(C)OC(O)=C(C#N)C#N. The van der Waals surface area contributed by atoms with Crippen molar-refractivity contribution >= 4 is 0 Å². The lowest BCUT2D eigenvalue weighted by Gasteiger charge is -2.06. The van der Waals surface area contributed by atoms with Gasteiger partial charge in [-0.1, -0.05) is 0 Å². The molecule has 0 aliphatic rings. The van der Waals surface area contributed by atoms with Gasteiger partial charge in [-0.25, -0.2) is 0 Å². The van der Waals surface area contributed by atoms with E-state index in [4.69, 9.17) is 15.6 Å². The number of rotatable bonds is 2. The van der Waals surface area contributed by atoms with Crippen LogP contribution >= 0.6 is 0 Å². The zero-order valence-corrected chi connectivity index (χ0v) is 6.33. The van der Waals surface area contributed by atoms with Crippen molar-refractivity contribution < 1.29 is 9.84 Å². The van der Waals surface area contributed by atoms with Gasteiger partial charge < -0.3 is 9.84 Å². The zero-order chi connectivity index (χ0) is 8.85. The molecule has 0 saturated heterocycles. The number of nitrogens with zero attached hydrogens (tertiary/aromatic N) is 2. The summed E-state index contributed by atoms with van der Waals surface area (Å²) in [6, 6.07) is 3.00. The highest BCUT2D eigenvalue weighted by Crippen LogP contribution is 2.03. The van der Waals surface area contributed by atoms with Gasteiger partial charge in [-0.05, 0) is 13.8 Å². The molecule has 0 aromatic carbocycles. The third-order valence-electron chi connectivity index (χ3n) is 0.785. The molecule has 0 aliphatic heterocycles. The lowest BCUT2D eigenvalue weighted by Crippen LogP contribution is -2.03. The van der Waals surface area contributed by atoms with Crippen molar-refractivity contribution in [2.45, 2.75) is 20.0 Å².